The van der Waals surface area contributed by atoms with Crippen molar-refractivity contribution in [2.45, 2.75) is 6.54 Å². The topological polar surface area (TPSA) is 67.2 Å². The van der Waals surface area contributed by atoms with Crippen LogP contribution in [-0.4, -0.2) is 20.9 Å². The molecule has 0 aliphatic carbocycles. The highest BCUT2D eigenvalue weighted by Gasteiger charge is 2.07. The van der Waals surface area contributed by atoms with Gasteiger partial charge in [-0.15, -0.1) is 0 Å². The Morgan fingerprint density at radius 3 is 2.71 bits per heavy atom. The van der Waals surface area contributed by atoms with Crippen molar-refractivity contribution >= 4 is 16.8 Å². The molecule has 106 valence electrons. The quantitative estimate of drug-likeness (QED) is 0.573. The standard InChI is InChI=1S/C15H12FN3O2/c16-13-5-1-10(2-6-13)8-19-9-12-4-3-11(15(20)18-21)7-14(12)17-19/h1-7,9,21H,8H2,(H,18,20). The van der Waals surface area contributed by atoms with Crippen LogP contribution in [0.1, 0.15) is 15.9 Å². The van der Waals surface area contributed by atoms with Crippen LogP contribution in [0.4, 0.5) is 4.39 Å². The highest BCUT2D eigenvalue weighted by Crippen LogP contribution is 2.15. The fourth-order valence-electron chi connectivity index (χ4n) is 2.13. The largest absolute Gasteiger partial charge is 0.288 e. The number of nitrogens with zero attached hydrogens (tertiary/aromatic N) is 2. The van der Waals surface area contributed by atoms with Gasteiger partial charge in [-0.3, -0.25) is 14.7 Å². The minimum absolute atomic E-state index is 0.274. The third-order valence-corrected chi connectivity index (χ3v) is 3.18. The number of nitrogens with one attached hydrogen (secondary N) is 1. The van der Waals surface area contributed by atoms with Crippen LogP contribution in [0.3, 0.4) is 0 Å². The smallest absolute Gasteiger partial charge is 0.274 e. The minimum Gasteiger partial charge on any atom is -0.288 e. The maximum Gasteiger partial charge on any atom is 0.274 e. The third kappa shape index (κ3) is 2.75. The Hall–Kier alpha value is -2.73. The lowest BCUT2D eigenvalue weighted by Gasteiger charge is -2.00. The van der Waals surface area contributed by atoms with Crippen molar-refractivity contribution < 1.29 is 14.4 Å². The second-order valence-electron chi connectivity index (χ2n) is 4.67. The summed E-state index contributed by atoms with van der Waals surface area (Å²) in [4.78, 5) is 11.4. The van der Waals surface area contributed by atoms with E-state index in [1.807, 2.05) is 6.20 Å². The van der Waals surface area contributed by atoms with Crippen LogP contribution in [-0.2, 0) is 6.54 Å². The van der Waals surface area contributed by atoms with Crippen molar-refractivity contribution in [1.29, 1.82) is 0 Å². The Morgan fingerprint density at radius 1 is 1.24 bits per heavy atom. The maximum atomic E-state index is 12.9. The monoisotopic (exact) mass is 285 g/mol. The van der Waals surface area contributed by atoms with E-state index in [9.17, 15) is 9.18 Å². The Balaban J connectivity index is 1.90. The van der Waals surface area contributed by atoms with Crippen LogP contribution in [0.5, 0.6) is 0 Å². The molecule has 1 heterocycles. The number of benzene rings is 2. The molecule has 2 aromatic carbocycles. The van der Waals surface area contributed by atoms with Gasteiger partial charge in [-0.25, -0.2) is 9.87 Å². The van der Waals surface area contributed by atoms with Gasteiger partial charge in [0.25, 0.3) is 5.91 Å². The predicted molar refractivity (Wildman–Crippen MR) is 74.5 cm³/mol. The van der Waals surface area contributed by atoms with Crippen molar-refractivity contribution in [3.05, 3.63) is 65.6 Å². The number of aromatic nitrogens is 2. The maximum absolute atomic E-state index is 12.9. The number of hydroxylamine groups is 1. The molecule has 0 radical (unpaired) electrons. The zero-order valence-electron chi connectivity index (χ0n) is 11.0. The molecule has 0 spiro atoms. The SMILES string of the molecule is O=C(NO)c1ccc2cn(Cc3ccc(F)cc3)nc2c1. The molecule has 2 N–H and O–H groups in total. The summed E-state index contributed by atoms with van der Waals surface area (Å²) in [5.74, 6) is -0.853. The molecule has 1 amide bonds. The summed E-state index contributed by atoms with van der Waals surface area (Å²) in [7, 11) is 0. The molecule has 3 rings (SSSR count). The molecule has 0 fully saturated rings. The average molecular weight is 285 g/mol. The predicted octanol–water partition coefficient (Wildman–Crippen LogP) is 2.34. The normalized spacial score (nSPS) is 10.8. The zero-order valence-corrected chi connectivity index (χ0v) is 11.0. The molecule has 0 unspecified atom stereocenters. The van der Waals surface area contributed by atoms with Crippen LogP contribution < -0.4 is 5.48 Å². The number of hydrogen-bond acceptors (Lipinski definition) is 3. The molecule has 21 heavy (non-hydrogen) atoms. The highest BCUT2D eigenvalue weighted by atomic mass is 19.1. The number of fused-ring (bicyclic) bond motifs is 1. The third-order valence-electron chi connectivity index (χ3n) is 3.18. The summed E-state index contributed by atoms with van der Waals surface area (Å²) in [5.41, 5.74) is 3.50. The van der Waals surface area contributed by atoms with Crippen LogP contribution in [0, 0.1) is 5.82 Å². The van der Waals surface area contributed by atoms with E-state index in [0.717, 1.165) is 10.9 Å². The second-order valence-corrected chi connectivity index (χ2v) is 4.67. The van der Waals surface area contributed by atoms with Gasteiger partial charge in [0.15, 0.2) is 0 Å². The molecule has 0 aliphatic rings. The molecule has 6 heteroatoms. The molecule has 0 aliphatic heterocycles. The van der Waals surface area contributed by atoms with E-state index in [0.29, 0.717) is 17.6 Å². The van der Waals surface area contributed by atoms with E-state index >= 15 is 0 Å². The average Bonchev–Trinajstić information content (AvgIpc) is 2.90. The molecule has 3 aromatic rings. The van der Waals surface area contributed by atoms with Gasteiger partial charge in [0.2, 0.25) is 0 Å². The van der Waals surface area contributed by atoms with Gasteiger partial charge in [0.1, 0.15) is 5.82 Å². The van der Waals surface area contributed by atoms with E-state index < -0.39 is 5.91 Å². The summed E-state index contributed by atoms with van der Waals surface area (Å²) >= 11 is 0. The van der Waals surface area contributed by atoms with Gasteiger partial charge >= 0.3 is 0 Å². The molecule has 0 saturated heterocycles. The van der Waals surface area contributed by atoms with E-state index in [1.54, 1.807) is 40.5 Å². The Morgan fingerprint density at radius 2 is 2.00 bits per heavy atom. The van der Waals surface area contributed by atoms with E-state index in [-0.39, 0.29) is 5.82 Å². The number of halogens is 1. The van der Waals surface area contributed by atoms with E-state index in [1.165, 1.54) is 12.1 Å². The first kappa shape index (κ1) is 13.3. The zero-order chi connectivity index (χ0) is 14.8. The van der Waals surface area contributed by atoms with E-state index in [4.69, 9.17) is 5.21 Å². The van der Waals surface area contributed by atoms with E-state index in [2.05, 4.69) is 5.10 Å². The number of carbonyl (C=O) groups excluding carboxylic acids is 1. The van der Waals surface area contributed by atoms with Crippen molar-refractivity contribution in [3.8, 4) is 0 Å². The summed E-state index contributed by atoms with van der Waals surface area (Å²) in [6, 6.07) is 11.2. The molecular formula is C15H12FN3O2. The van der Waals surface area contributed by atoms with Gasteiger partial charge in [0.05, 0.1) is 12.1 Å². The lowest BCUT2D eigenvalue weighted by atomic mass is 10.1. The number of amides is 1. The van der Waals surface area contributed by atoms with Crippen molar-refractivity contribution in [3.63, 3.8) is 0 Å². The lowest BCUT2D eigenvalue weighted by molar-refractivity contribution is 0.0706. The van der Waals surface area contributed by atoms with Gasteiger partial charge in [-0.05, 0) is 29.8 Å². The van der Waals surface area contributed by atoms with Gasteiger partial charge in [-0.2, -0.15) is 5.10 Å². The first-order valence-corrected chi connectivity index (χ1v) is 6.32. The number of hydrogen-bond donors (Lipinski definition) is 2. The Labute approximate surface area is 119 Å². The van der Waals surface area contributed by atoms with Crippen molar-refractivity contribution in [2.75, 3.05) is 0 Å². The van der Waals surface area contributed by atoms with Crippen LogP contribution >= 0.6 is 0 Å². The second kappa shape index (κ2) is 5.34. The molecule has 5 nitrogen and oxygen atoms in total. The van der Waals surface area contributed by atoms with Gasteiger partial charge in [-0.1, -0.05) is 18.2 Å². The van der Waals surface area contributed by atoms with Crippen LogP contribution in [0.2, 0.25) is 0 Å². The molecule has 0 saturated carbocycles. The fraction of sp³-hybridized carbons (Fsp3) is 0.0667. The molecule has 1 aromatic heterocycles. The number of rotatable bonds is 3. The minimum atomic E-state index is -0.579. The lowest BCUT2D eigenvalue weighted by Crippen LogP contribution is -2.18. The summed E-state index contributed by atoms with van der Waals surface area (Å²) in [5, 5.41) is 13.9. The summed E-state index contributed by atoms with van der Waals surface area (Å²) in [6.07, 6.45) is 1.85. The highest BCUT2D eigenvalue weighted by molar-refractivity contribution is 5.97. The van der Waals surface area contributed by atoms with Crippen LogP contribution in [0.25, 0.3) is 10.9 Å². The Bertz CT molecular complexity index is 796. The first-order chi connectivity index (χ1) is 10.2. The molecular weight excluding hydrogens is 273 g/mol. The van der Waals surface area contributed by atoms with Gasteiger partial charge in [0, 0.05) is 17.1 Å². The summed E-state index contributed by atoms with van der Waals surface area (Å²) < 4.78 is 14.6. The first-order valence-electron chi connectivity index (χ1n) is 6.32. The fourth-order valence-corrected chi connectivity index (χ4v) is 2.13. The molecule has 0 bridgehead atoms. The summed E-state index contributed by atoms with van der Waals surface area (Å²) in [6.45, 7) is 0.510. The van der Waals surface area contributed by atoms with Gasteiger partial charge < -0.3 is 0 Å². The van der Waals surface area contributed by atoms with Crippen molar-refractivity contribution in [2.24, 2.45) is 0 Å². The van der Waals surface area contributed by atoms with Crippen molar-refractivity contribution in [1.82, 2.24) is 15.3 Å². The number of carbonyl (C=O) groups is 1. The molecule has 0 atom stereocenters. The van der Waals surface area contributed by atoms with Crippen LogP contribution in [0.15, 0.2) is 48.7 Å². The Kier molecular flexibility index (Phi) is 3.37.